The lowest BCUT2D eigenvalue weighted by Gasteiger charge is -2.26. The average Bonchev–Trinajstić information content (AvgIpc) is 3.10. The number of benzene rings is 2. The quantitative estimate of drug-likeness (QED) is 0.814. The van der Waals surface area contributed by atoms with Crippen molar-refractivity contribution in [1.29, 1.82) is 0 Å². The number of thioether (sulfide) groups is 1. The Morgan fingerprint density at radius 3 is 2.71 bits per heavy atom. The third kappa shape index (κ3) is 3.19. The first-order valence-electron chi connectivity index (χ1n) is 7.54. The van der Waals surface area contributed by atoms with E-state index in [0.29, 0.717) is 22.9 Å². The molecule has 1 saturated heterocycles. The molecule has 1 aliphatic rings. The molecule has 0 bridgehead atoms. The minimum Gasteiger partial charge on any atom is -0.497 e. The maximum atomic E-state index is 12.9. The van der Waals surface area contributed by atoms with Crippen LogP contribution in [0.5, 0.6) is 11.5 Å². The summed E-state index contributed by atoms with van der Waals surface area (Å²) in [6, 6.07) is 12.8. The molecule has 2 aromatic carbocycles. The van der Waals surface area contributed by atoms with E-state index in [4.69, 9.17) is 21.1 Å². The fourth-order valence-electron chi connectivity index (χ4n) is 2.75. The Morgan fingerprint density at radius 1 is 1.21 bits per heavy atom. The second kappa shape index (κ2) is 7.36. The van der Waals surface area contributed by atoms with Crippen LogP contribution in [0.25, 0.3) is 0 Å². The summed E-state index contributed by atoms with van der Waals surface area (Å²) >= 11 is 7.91. The van der Waals surface area contributed by atoms with Crippen molar-refractivity contribution in [3.05, 3.63) is 58.6 Å². The molecule has 1 heterocycles. The van der Waals surface area contributed by atoms with E-state index in [0.717, 1.165) is 17.1 Å². The standard InChI is InChI=1S/C18H18ClNO3S/c1-22-12-7-8-14(16(11-12)23-2)18-20(9-10-24-18)17(21)13-5-3-4-6-15(13)19/h3-8,11,18H,9-10H2,1-2H3/t18-/m1/s1. The molecular formula is C18H18ClNO3S. The number of ether oxygens (including phenoxy) is 2. The second-order valence-electron chi connectivity index (χ2n) is 5.31. The van der Waals surface area contributed by atoms with Crippen LogP contribution in [0.2, 0.25) is 5.02 Å². The van der Waals surface area contributed by atoms with Gasteiger partial charge >= 0.3 is 0 Å². The van der Waals surface area contributed by atoms with Gasteiger partial charge in [-0.05, 0) is 24.3 Å². The van der Waals surface area contributed by atoms with Crippen LogP contribution in [-0.4, -0.2) is 37.3 Å². The molecule has 0 spiro atoms. The molecule has 0 N–H and O–H groups in total. The van der Waals surface area contributed by atoms with Gasteiger partial charge in [-0.25, -0.2) is 0 Å². The van der Waals surface area contributed by atoms with Gasteiger partial charge in [-0.1, -0.05) is 23.7 Å². The van der Waals surface area contributed by atoms with E-state index in [2.05, 4.69) is 0 Å². The van der Waals surface area contributed by atoms with E-state index in [-0.39, 0.29) is 11.3 Å². The lowest BCUT2D eigenvalue weighted by atomic mass is 10.1. The number of amides is 1. The van der Waals surface area contributed by atoms with E-state index in [1.165, 1.54) is 0 Å². The molecule has 4 nitrogen and oxygen atoms in total. The molecule has 6 heteroatoms. The molecule has 126 valence electrons. The Kier molecular flexibility index (Phi) is 5.21. The van der Waals surface area contributed by atoms with Gasteiger partial charge in [0.25, 0.3) is 5.91 Å². The highest BCUT2D eigenvalue weighted by molar-refractivity contribution is 7.99. The zero-order chi connectivity index (χ0) is 17.1. The van der Waals surface area contributed by atoms with Gasteiger partial charge < -0.3 is 14.4 Å². The molecule has 1 atom stereocenters. The van der Waals surface area contributed by atoms with Gasteiger partial charge in [0, 0.05) is 23.9 Å². The van der Waals surface area contributed by atoms with E-state index >= 15 is 0 Å². The van der Waals surface area contributed by atoms with Crippen molar-refractivity contribution in [1.82, 2.24) is 4.90 Å². The molecule has 2 aromatic rings. The van der Waals surface area contributed by atoms with Crippen LogP contribution in [0.3, 0.4) is 0 Å². The van der Waals surface area contributed by atoms with Crippen molar-refractivity contribution in [2.75, 3.05) is 26.5 Å². The van der Waals surface area contributed by atoms with Crippen molar-refractivity contribution in [2.24, 2.45) is 0 Å². The lowest BCUT2D eigenvalue weighted by Crippen LogP contribution is -2.30. The predicted molar refractivity (Wildman–Crippen MR) is 97.2 cm³/mol. The topological polar surface area (TPSA) is 38.8 Å². The van der Waals surface area contributed by atoms with Crippen LogP contribution in [0.4, 0.5) is 0 Å². The van der Waals surface area contributed by atoms with Crippen molar-refractivity contribution >= 4 is 29.3 Å². The third-order valence-electron chi connectivity index (χ3n) is 3.96. The monoisotopic (exact) mass is 363 g/mol. The number of halogens is 1. The smallest absolute Gasteiger partial charge is 0.256 e. The molecule has 0 unspecified atom stereocenters. The van der Waals surface area contributed by atoms with Crippen molar-refractivity contribution < 1.29 is 14.3 Å². The second-order valence-corrected chi connectivity index (χ2v) is 6.90. The van der Waals surface area contributed by atoms with Crippen molar-refractivity contribution in [3.63, 3.8) is 0 Å². The van der Waals surface area contributed by atoms with Crippen LogP contribution in [0.1, 0.15) is 21.3 Å². The normalized spacial score (nSPS) is 17.0. The largest absolute Gasteiger partial charge is 0.497 e. The summed E-state index contributed by atoms with van der Waals surface area (Å²) in [4.78, 5) is 14.8. The maximum Gasteiger partial charge on any atom is 0.256 e. The molecule has 3 rings (SSSR count). The number of methoxy groups -OCH3 is 2. The van der Waals surface area contributed by atoms with Crippen molar-refractivity contribution in [2.45, 2.75) is 5.37 Å². The van der Waals surface area contributed by atoms with Crippen LogP contribution in [0.15, 0.2) is 42.5 Å². The number of carbonyl (C=O) groups excluding carboxylic acids is 1. The Labute approximate surface area is 150 Å². The number of nitrogens with zero attached hydrogens (tertiary/aromatic N) is 1. The number of carbonyl (C=O) groups is 1. The highest BCUT2D eigenvalue weighted by Gasteiger charge is 2.33. The molecule has 0 aromatic heterocycles. The summed E-state index contributed by atoms with van der Waals surface area (Å²) in [5, 5.41) is 0.370. The summed E-state index contributed by atoms with van der Waals surface area (Å²) in [7, 11) is 3.24. The van der Waals surface area contributed by atoms with Crippen LogP contribution < -0.4 is 9.47 Å². The molecule has 1 fully saturated rings. The molecule has 1 amide bonds. The fourth-order valence-corrected chi connectivity index (χ4v) is 4.24. The third-order valence-corrected chi connectivity index (χ3v) is 5.53. The highest BCUT2D eigenvalue weighted by Crippen LogP contribution is 2.43. The molecule has 0 aliphatic carbocycles. The van der Waals surface area contributed by atoms with Crippen LogP contribution >= 0.6 is 23.4 Å². The molecule has 0 radical (unpaired) electrons. The van der Waals surface area contributed by atoms with Gasteiger partial charge in [0.2, 0.25) is 0 Å². The van der Waals surface area contributed by atoms with Crippen LogP contribution in [0, 0.1) is 0 Å². The molecular weight excluding hydrogens is 346 g/mol. The van der Waals surface area contributed by atoms with E-state index in [9.17, 15) is 4.79 Å². The molecule has 24 heavy (non-hydrogen) atoms. The van der Waals surface area contributed by atoms with Gasteiger partial charge in [-0.3, -0.25) is 4.79 Å². The first kappa shape index (κ1) is 17.0. The number of rotatable bonds is 4. The lowest BCUT2D eigenvalue weighted by molar-refractivity contribution is 0.0759. The van der Waals surface area contributed by atoms with E-state index in [1.807, 2.05) is 35.2 Å². The number of hydrogen-bond acceptors (Lipinski definition) is 4. The van der Waals surface area contributed by atoms with Gasteiger partial charge in [-0.15, -0.1) is 11.8 Å². The first-order valence-corrected chi connectivity index (χ1v) is 8.97. The minimum absolute atomic E-state index is 0.0616. The Hall–Kier alpha value is -1.85. The summed E-state index contributed by atoms with van der Waals surface area (Å²) < 4.78 is 10.7. The summed E-state index contributed by atoms with van der Waals surface area (Å²) in [6.07, 6.45) is 0. The fraction of sp³-hybridized carbons (Fsp3) is 0.278. The zero-order valence-corrected chi connectivity index (χ0v) is 15.1. The first-order chi connectivity index (χ1) is 11.7. The maximum absolute atomic E-state index is 12.9. The number of hydrogen-bond donors (Lipinski definition) is 0. The van der Waals surface area contributed by atoms with E-state index < -0.39 is 0 Å². The zero-order valence-electron chi connectivity index (χ0n) is 13.5. The predicted octanol–water partition coefficient (Wildman–Crippen LogP) is 4.25. The summed E-state index contributed by atoms with van der Waals surface area (Å²) in [5.74, 6) is 2.25. The highest BCUT2D eigenvalue weighted by atomic mass is 35.5. The van der Waals surface area contributed by atoms with Gasteiger partial charge in [-0.2, -0.15) is 0 Å². The SMILES string of the molecule is COc1ccc([C@H]2SCCN2C(=O)c2ccccc2Cl)c(OC)c1. The Morgan fingerprint density at radius 2 is 2.00 bits per heavy atom. The Bertz CT molecular complexity index is 753. The molecule has 0 saturated carbocycles. The van der Waals surface area contributed by atoms with E-state index in [1.54, 1.807) is 38.1 Å². The summed E-state index contributed by atoms with van der Waals surface area (Å²) in [5.41, 5.74) is 1.49. The Balaban J connectivity index is 1.94. The van der Waals surface area contributed by atoms with Crippen molar-refractivity contribution in [3.8, 4) is 11.5 Å². The van der Waals surface area contributed by atoms with Crippen LogP contribution in [-0.2, 0) is 0 Å². The van der Waals surface area contributed by atoms with Gasteiger partial charge in [0.15, 0.2) is 0 Å². The minimum atomic E-state index is -0.102. The van der Waals surface area contributed by atoms with Gasteiger partial charge in [0.05, 0.1) is 24.8 Å². The van der Waals surface area contributed by atoms with Gasteiger partial charge in [0.1, 0.15) is 16.9 Å². The average molecular weight is 364 g/mol. The molecule has 1 aliphatic heterocycles. The summed E-state index contributed by atoms with van der Waals surface area (Å²) in [6.45, 7) is 0.675.